The smallest absolute Gasteiger partial charge is 0.295 e. The van der Waals surface area contributed by atoms with Crippen LogP contribution < -0.4 is 9.47 Å². The number of likely N-dealkylation sites (N-methyl/N-ethyl adjacent to an activating group) is 1. The summed E-state index contributed by atoms with van der Waals surface area (Å²) in [5, 5.41) is 11.3. The molecule has 7 nitrogen and oxygen atoms in total. The van der Waals surface area contributed by atoms with Gasteiger partial charge in [0.1, 0.15) is 17.3 Å². The number of nitrogens with zero attached hydrogens (tertiary/aromatic N) is 2. The largest absolute Gasteiger partial charge is 0.507 e. The number of ether oxygens (including phenoxy) is 2. The molecule has 1 fully saturated rings. The normalized spacial score (nSPS) is 16.9. The van der Waals surface area contributed by atoms with Crippen molar-refractivity contribution >= 4 is 17.4 Å². The molecule has 2 aromatic carbocycles. The molecule has 1 N–H and O–H groups in total. The van der Waals surface area contributed by atoms with E-state index in [2.05, 4.69) is 32.6 Å². The fourth-order valence-corrected chi connectivity index (χ4v) is 4.53. The van der Waals surface area contributed by atoms with Crippen molar-refractivity contribution < 1.29 is 24.2 Å². The number of carbonyl (C=O) groups is 2. The number of amides is 1. The Hall–Kier alpha value is -3.32. The van der Waals surface area contributed by atoms with Crippen molar-refractivity contribution in [3.8, 4) is 11.5 Å². The molecular weight excluding hydrogens is 480 g/mol. The van der Waals surface area contributed by atoms with Crippen LogP contribution in [0.15, 0.2) is 54.1 Å². The molecule has 2 aromatic rings. The van der Waals surface area contributed by atoms with Crippen LogP contribution in [-0.2, 0) is 9.59 Å². The second kappa shape index (κ2) is 14.6. The van der Waals surface area contributed by atoms with Gasteiger partial charge in [-0.15, -0.1) is 0 Å². The lowest BCUT2D eigenvalue weighted by atomic mass is 9.95. The number of Topliss-reactive ketones (excluding diaryl/α,β-unsaturated/α-hetero) is 1. The van der Waals surface area contributed by atoms with Gasteiger partial charge in [-0.25, -0.2) is 0 Å². The van der Waals surface area contributed by atoms with E-state index in [1.807, 2.05) is 24.3 Å². The van der Waals surface area contributed by atoms with Crippen molar-refractivity contribution in [2.24, 2.45) is 0 Å². The van der Waals surface area contributed by atoms with Gasteiger partial charge in [0.25, 0.3) is 11.7 Å². The number of carbonyl (C=O) groups excluding carboxylic acids is 2. The van der Waals surface area contributed by atoms with E-state index in [-0.39, 0.29) is 11.3 Å². The number of hydrogen-bond acceptors (Lipinski definition) is 6. The van der Waals surface area contributed by atoms with Crippen molar-refractivity contribution in [2.75, 3.05) is 39.4 Å². The minimum atomic E-state index is -0.685. The second-order valence-corrected chi connectivity index (χ2v) is 9.52. The van der Waals surface area contributed by atoms with Gasteiger partial charge in [-0.1, -0.05) is 52.7 Å². The van der Waals surface area contributed by atoms with Crippen LogP contribution in [-0.4, -0.2) is 66.0 Å². The first-order valence-corrected chi connectivity index (χ1v) is 13.9. The third-order valence-corrected chi connectivity index (χ3v) is 6.95. The molecule has 1 saturated heterocycles. The molecule has 0 aromatic heterocycles. The summed E-state index contributed by atoms with van der Waals surface area (Å²) >= 11 is 0. The second-order valence-electron chi connectivity index (χ2n) is 9.52. The lowest BCUT2D eigenvalue weighted by Gasteiger charge is -2.28. The van der Waals surface area contributed by atoms with Gasteiger partial charge >= 0.3 is 0 Å². The highest BCUT2D eigenvalue weighted by Crippen LogP contribution is 2.40. The van der Waals surface area contributed by atoms with Crippen molar-refractivity contribution in [3.05, 3.63) is 65.2 Å². The molecule has 1 aliphatic heterocycles. The number of benzene rings is 2. The Kier molecular flexibility index (Phi) is 11.2. The van der Waals surface area contributed by atoms with Crippen LogP contribution in [0.2, 0.25) is 0 Å². The van der Waals surface area contributed by atoms with E-state index < -0.39 is 17.7 Å². The molecule has 0 radical (unpaired) electrons. The summed E-state index contributed by atoms with van der Waals surface area (Å²) in [6, 6.07) is 13.8. The number of rotatable bonds is 15. The van der Waals surface area contributed by atoms with E-state index >= 15 is 0 Å². The highest BCUT2D eigenvalue weighted by molar-refractivity contribution is 6.46. The van der Waals surface area contributed by atoms with Crippen LogP contribution in [0.5, 0.6) is 11.5 Å². The summed E-state index contributed by atoms with van der Waals surface area (Å²) < 4.78 is 11.5. The summed E-state index contributed by atoms with van der Waals surface area (Å²) in [4.78, 5) is 30.3. The van der Waals surface area contributed by atoms with Gasteiger partial charge in [0.15, 0.2) is 0 Å². The molecule has 0 spiro atoms. The van der Waals surface area contributed by atoms with Crippen molar-refractivity contribution in [2.45, 2.75) is 59.4 Å². The molecule has 7 heteroatoms. The standard InChI is InChI=1S/C31H42N2O5/c1-5-9-21-37-25-15-11-23(12-16-25)28-27(30(35)31(36)33(28)20-19-32(7-3)8-4)29(34)24-13-17-26(18-14-24)38-22-10-6-2/h11-18,28,34H,5-10,19-22H2,1-4H3/b29-27+. The lowest BCUT2D eigenvalue weighted by molar-refractivity contribution is -0.140. The van der Waals surface area contributed by atoms with E-state index in [1.54, 1.807) is 29.2 Å². The fraction of sp³-hybridized carbons (Fsp3) is 0.484. The van der Waals surface area contributed by atoms with E-state index in [4.69, 9.17) is 9.47 Å². The average molecular weight is 523 g/mol. The van der Waals surface area contributed by atoms with Crippen molar-refractivity contribution in [1.29, 1.82) is 0 Å². The Bertz CT molecular complexity index is 1070. The van der Waals surface area contributed by atoms with E-state index in [0.717, 1.165) is 50.1 Å². The van der Waals surface area contributed by atoms with E-state index in [1.165, 1.54) is 0 Å². The molecular formula is C31H42N2O5. The SMILES string of the molecule is CCCCOc1ccc(/C(O)=C2\C(=O)C(=O)N(CCN(CC)CC)C2c2ccc(OCCCC)cc2)cc1. The third-order valence-electron chi connectivity index (χ3n) is 6.95. The minimum absolute atomic E-state index is 0.105. The van der Waals surface area contributed by atoms with Gasteiger partial charge in [0, 0.05) is 18.7 Å². The van der Waals surface area contributed by atoms with E-state index in [0.29, 0.717) is 37.6 Å². The first-order valence-electron chi connectivity index (χ1n) is 13.9. The Balaban J connectivity index is 1.96. The maximum atomic E-state index is 13.3. The molecule has 1 aliphatic rings. The molecule has 1 unspecified atom stereocenters. The number of unbranched alkanes of at least 4 members (excludes halogenated alkanes) is 2. The maximum Gasteiger partial charge on any atom is 0.295 e. The van der Waals surface area contributed by atoms with Crippen LogP contribution in [0.1, 0.15) is 70.5 Å². The molecule has 0 aliphatic carbocycles. The van der Waals surface area contributed by atoms with Crippen molar-refractivity contribution in [1.82, 2.24) is 9.80 Å². The van der Waals surface area contributed by atoms with Crippen LogP contribution in [0.3, 0.4) is 0 Å². The Labute approximate surface area is 227 Å². The summed E-state index contributed by atoms with van der Waals surface area (Å²) in [5.41, 5.74) is 1.33. The number of ketones is 1. The highest BCUT2D eigenvalue weighted by atomic mass is 16.5. The first kappa shape index (κ1) is 29.2. The molecule has 1 atom stereocenters. The van der Waals surface area contributed by atoms with Gasteiger partial charge < -0.3 is 24.4 Å². The molecule has 0 saturated carbocycles. The topological polar surface area (TPSA) is 79.3 Å². The quantitative estimate of drug-likeness (QED) is 0.138. The third kappa shape index (κ3) is 7.16. The van der Waals surface area contributed by atoms with Crippen LogP contribution in [0, 0.1) is 0 Å². The summed E-state index contributed by atoms with van der Waals surface area (Å²) in [6.45, 7) is 12.3. The number of aliphatic hydroxyl groups is 1. The Morgan fingerprint density at radius 2 is 1.37 bits per heavy atom. The van der Waals surface area contributed by atoms with Crippen LogP contribution in [0.4, 0.5) is 0 Å². The summed E-state index contributed by atoms with van der Waals surface area (Å²) in [5.74, 6) is -0.00185. The number of likely N-dealkylation sites (tertiary alicyclic amines) is 1. The lowest BCUT2D eigenvalue weighted by Crippen LogP contribution is -2.38. The first-order chi connectivity index (χ1) is 18.4. The van der Waals surface area contributed by atoms with E-state index in [9.17, 15) is 14.7 Å². The summed E-state index contributed by atoms with van der Waals surface area (Å²) in [6.07, 6.45) is 4.01. The Morgan fingerprint density at radius 1 is 0.842 bits per heavy atom. The highest BCUT2D eigenvalue weighted by Gasteiger charge is 2.46. The number of aliphatic hydroxyl groups excluding tert-OH is 1. The molecule has 38 heavy (non-hydrogen) atoms. The average Bonchev–Trinajstić information content (AvgIpc) is 3.19. The number of hydrogen-bond donors (Lipinski definition) is 1. The van der Waals surface area contributed by atoms with Gasteiger partial charge in [0.2, 0.25) is 0 Å². The van der Waals surface area contributed by atoms with Crippen LogP contribution in [0.25, 0.3) is 5.76 Å². The predicted octanol–water partition coefficient (Wildman–Crippen LogP) is 5.81. The monoisotopic (exact) mass is 522 g/mol. The zero-order chi connectivity index (χ0) is 27.5. The van der Waals surface area contributed by atoms with Gasteiger partial charge in [-0.05, 0) is 67.9 Å². The van der Waals surface area contributed by atoms with Crippen molar-refractivity contribution in [3.63, 3.8) is 0 Å². The maximum absolute atomic E-state index is 13.3. The van der Waals surface area contributed by atoms with Crippen LogP contribution >= 0.6 is 0 Å². The zero-order valence-corrected chi connectivity index (χ0v) is 23.2. The molecule has 3 rings (SSSR count). The summed E-state index contributed by atoms with van der Waals surface area (Å²) in [7, 11) is 0. The van der Waals surface area contributed by atoms with Gasteiger partial charge in [0.05, 0.1) is 24.8 Å². The predicted molar refractivity (Wildman–Crippen MR) is 150 cm³/mol. The molecule has 1 heterocycles. The molecule has 1 amide bonds. The van der Waals surface area contributed by atoms with Gasteiger partial charge in [-0.2, -0.15) is 0 Å². The Morgan fingerprint density at radius 3 is 1.87 bits per heavy atom. The minimum Gasteiger partial charge on any atom is -0.507 e. The zero-order valence-electron chi connectivity index (χ0n) is 23.2. The molecule has 206 valence electrons. The van der Waals surface area contributed by atoms with Gasteiger partial charge in [-0.3, -0.25) is 9.59 Å². The fourth-order valence-electron chi connectivity index (χ4n) is 4.53. The molecule has 0 bridgehead atoms.